The Labute approximate surface area is 202 Å². The lowest BCUT2D eigenvalue weighted by Gasteiger charge is -2.16. The van der Waals surface area contributed by atoms with Crippen LogP contribution in [0.4, 0.5) is 11.5 Å². The van der Waals surface area contributed by atoms with Crippen LogP contribution in [-0.4, -0.2) is 58.4 Å². The molecule has 5 aromatic rings. The number of H-pyrrole nitrogens is 1. The van der Waals surface area contributed by atoms with Crippen LogP contribution >= 0.6 is 0 Å². The van der Waals surface area contributed by atoms with E-state index in [0.29, 0.717) is 30.5 Å². The lowest BCUT2D eigenvalue weighted by molar-refractivity contribution is 0.0708. The summed E-state index contributed by atoms with van der Waals surface area (Å²) >= 11 is 0. The van der Waals surface area contributed by atoms with Gasteiger partial charge in [-0.3, -0.25) is 10.4 Å². The average Bonchev–Trinajstić information content (AvgIpc) is 3.36. The third-order valence-corrected chi connectivity index (χ3v) is 5.52. The Morgan fingerprint density at radius 3 is 2.80 bits per heavy atom. The summed E-state index contributed by atoms with van der Waals surface area (Å²) in [5.74, 6) is 1.79. The Balaban J connectivity index is 1.46. The van der Waals surface area contributed by atoms with Crippen molar-refractivity contribution < 1.29 is 14.6 Å². The molecule has 1 atom stereocenters. The minimum absolute atomic E-state index is 0.0735. The second-order valence-corrected chi connectivity index (χ2v) is 7.98. The molecule has 0 spiro atoms. The number of benzene rings is 3. The van der Waals surface area contributed by atoms with Gasteiger partial charge in [-0.05, 0) is 42.5 Å². The van der Waals surface area contributed by atoms with Crippen LogP contribution in [0.3, 0.4) is 0 Å². The number of aliphatic hydroxyl groups is 1. The van der Waals surface area contributed by atoms with E-state index in [9.17, 15) is 5.11 Å². The summed E-state index contributed by atoms with van der Waals surface area (Å²) in [6.07, 6.45) is 0.960. The highest BCUT2D eigenvalue weighted by Crippen LogP contribution is 2.32. The van der Waals surface area contributed by atoms with Gasteiger partial charge in [0.2, 0.25) is 0 Å². The summed E-state index contributed by atoms with van der Waals surface area (Å²) in [6.45, 7) is 1.10. The van der Waals surface area contributed by atoms with Gasteiger partial charge in [-0.2, -0.15) is 5.10 Å². The molecular formula is C26H26N6O3. The summed E-state index contributed by atoms with van der Waals surface area (Å²) in [5, 5.41) is 25.5. The van der Waals surface area contributed by atoms with Crippen LogP contribution in [0.15, 0.2) is 72.9 Å². The predicted octanol–water partition coefficient (Wildman–Crippen LogP) is 3.85. The maximum absolute atomic E-state index is 10.2. The van der Waals surface area contributed by atoms with E-state index in [0.717, 1.165) is 33.1 Å². The number of fused-ring (bicyclic) bond motifs is 2. The highest BCUT2D eigenvalue weighted by Gasteiger charge is 2.15. The van der Waals surface area contributed by atoms with Crippen LogP contribution in [0.2, 0.25) is 0 Å². The van der Waals surface area contributed by atoms with Crippen molar-refractivity contribution in [3.63, 3.8) is 0 Å². The zero-order valence-electron chi connectivity index (χ0n) is 19.2. The van der Waals surface area contributed by atoms with Gasteiger partial charge in [0.25, 0.3) is 0 Å². The molecule has 3 aromatic carbocycles. The van der Waals surface area contributed by atoms with Gasteiger partial charge in [-0.25, -0.2) is 9.97 Å². The third kappa shape index (κ3) is 5.22. The first-order valence-electron chi connectivity index (χ1n) is 11.3. The molecule has 0 saturated heterocycles. The highest BCUT2D eigenvalue weighted by atomic mass is 16.5. The quantitative estimate of drug-likeness (QED) is 0.180. The molecule has 0 aliphatic carbocycles. The van der Waals surface area contributed by atoms with Crippen molar-refractivity contribution in [3.05, 3.63) is 72.9 Å². The molecule has 9 nitrogen and oxygen atoms in total. The van der Waals surface area contributed by atoms with Crippen LogP contribution in [0.25, 0.3) is 33.2 Å². The van der Waals surface area contributed by atoms with Crippen molar-refractivity contribution in [3.8, 4) is 17.1 Å². The van der Waals surface area contributed by atoms with Crippen molar-refractivity contribution in [2.75, 3.05) is 32.2 Å². The van der Waals surface area contributed by atoms with Crippen LogP contribution in [0.5, 0.6) is 5.75 Å². The van der Waals surface area contributed by atoms with Gasteiger partial charge in [0.1, 0.15) is 24.4 Å². The monoisotopic (exact) mass is 470 g/mol. The first kappa shape index (κ1) is 22.7. The fraction of sp³-hybridized carbons (Fsp3) is 0.192. The van der Waals surface area contributed by atoms with E-state index >= 15 is 0 Å². The number of rotatable bonds is 10. The molecule has 2 heterocycles. The number of nitrogens with zero attached hydrogens (tertiary/aromatic N) is 3. The van der Waals surface area contributed by atoms with Gasteiger partial charge in [-0.1, -0.05) is 24.3 Å². The average molecular weight is 471 g/mol. The van der Waals surface area contributed by atoms with Crippen LogP contribution < -0.4 is 15.4 Å². The molecule has 0 amide bonds. The van der Waals surface area contributed by atoms with Crippen molar-refractivity contribution >= 4 is 33.3 Å². The molecule has 35 heavy (non-hydrogen) atoms. The summed E-state index contributed by atoms with van der Waals surface area (Å²) in [5.41, 5.74) is 3.40. The number of para-hydroxylation sites is 2. The molecule has 0 fully saturated rings. The molecule has 4 N–H and O–H groups in total. The maximum atomic E-state index is 10.2. The lowest BCUT2D eigenvalue weighted by Crippen LogP contribution is -2.36. The molecule has 1 unspecified atom stereocenters. The summed E-state index contributed by atoms with van der Waals surface area (Å²) in [7, 11) is 1.61. The SMILES string of the molecule is COCCNC(O)COc1ccccc1-c1nc(Nc2ccc3[nH]ncc3c2)c2ccccc2n1. The molecule has 0 saturated carbocycles. The minimum Gasteiger partial charge on any atom is -0.489 e. The van der Waals surface area contributed by atoms with Crippen LogP contribution in [0.1, 0.15) is 0 Å². The summed E-state index contributed by atoms with van der Waals surface area (Å²) in [4.78, 5) is 9.66. The Hall–Kier alpha value is -4.05. The number of aromatic nitrogens is 4. The maximum Gasteiger partial charge on any atom is 0.165 e. The van der Waals surface area contributed by atoms with Gasteiger partial charge < -0.3 is 19.9 Å². The van der Waals surface area contributed by atoms with E-state index in [4.69, 9.17) is 19.4 Å². The van der Waals surface area contributed by atoms with Gasteiger partial charge >= 0.3 is 0 Å². The summed E-state index contributed by atoms with van der Waals surface area (Å²) < 4.78 is 10.9. The van der Waals surface area contributed by atoms with E-state index in [-0.39, 0.29) is 6.61 Å². The lowest BCUT2D eigenvalue weighted by atomic mass is 10.1. The molecular weight excluding hydrogens is 444 g/mol. The second kappa shape index (κ2) is 10.5. The van der Waals surface area contributed by atoms with Crippen molar-refractivity contribution in [1.29, 1.82) is 0 Å². The van der Waals surface area contributed by atoms with Crippen LogP contribution in [-0.2, 0) is 4.74 Å². The smallest absolute Gasteiger partial charge is 0.165 e. The fourth-order valence-electron chi connectivity index (χ4n) is 3.78. The number of hydrogen-bond acceptors (Lipinski definition) is 8. The number of anilines is 2. The number of ether oxygens (including phenoxy) is 2. The number of aliphatic hydroxyl groups excluding tert-OH is 1. The highest BCUT2D eigenvalue weighted by molar-refractivity contribution is 5.93. The van der Waals surface area contributed by atoms with Crippen molar-refractivity contribution in [2.24, 2.45) is 0 Å². The second-order valence-electron chi connectivity index (χ2n) is 7.98. The standard InChI is InChI=1S/C26H26N6O3/c1-34-13-12-27-24(33)16-35-23-9-5-3-7-20(23)26-30-22-8-4-2-6-19(22)25(31-26)29-18-10-11-21-17(14-18)15-28-32-21/h2-11,14-15,24,27,33H,12-13,16H2,1H3,(H,28,32)(H,29,30,31). The zero-order chi connectivity index (χ0) is 24.0. The molecule has 0 aliphatic heterocycles. The number of aromatic amines is 1. The van der Waals surface area contributed by atoms with Gasteiger partial charge in [0, 0.05) is 30.1 Å². The minimum atomic E-state index is -0.828. The Morgan fingerprint density at radius 1 is 1.03 bits per heavy atom. The molecule has 9 heteroatoms. The Bertz CT molecular complexity index is 1440. The van der Waals surface area contributed by atoms with Crippen molar-refractivity contribution in [1.82, 2.24) is 25.5 Å². The first-order chi connectivity index (χ1) is 17.2. The fourth-order valence-corrected chi connectivity index (χ4v) is 3.78. The zero-order valence-corrected chi connectivity index (χ0v) is 19.2. The van der Waals surface area contributed by atoms with Gasteiger partial charge in [-0.15, -0.1) is 0 Å². The predicted molar refractivity (Wildman–Crippen MR) is 136 cm³/mol. The van der Waals surface area contributed by atoms with Crippen molar-refractivity contribution in [2.45, 2.75) is 6.23 Å². The normalized spacial score (nSPS) is 12.2. The van der Waals surface area contributed by atoms with E-state index < -0.39 is 6.23 Å². The topological polar surface area (TPSA) is 117 Å². The van der Waals surface area contributed by atoms with E-state index in [1.807, 2.05) is 66.7 Å². The van der Waals surface area contributed by atoms with Gasteiger partial charge in [0.05, 0.1) is 29.4 Å². The molecule has 178 valence electrons. The van der Waals surface area contributed by atoms with Crippen LogP contribution in [0, 0.1) is 0 Å². The summed E-state index contributed by atoms with van der Waals surface area (Å²) in [6, 6.07) is 21.4. The largest absolute Gasteiger partial charge is 0.489 e. The van der Waals surface area contributed by atoms with E-state index in [1.54, 1.807) is 13.3 Å². The Kier molecular flexibility index (Phi) is 6.80. The van der Waals surface area contributed by atoms with Gasteiger partial charge in [0.15, 0.2) is 5.82 Å². The van der Waals surface area contributed by atoms with E-state index in [1.165, 1.54) is 0 Å². The number of hydrogen-bond donors (Lipinski definition) is 4. The Morgan fingerprint density at radius 2 is 1.89 bits per heavy atom. The molecule has 5 rings (SSSR count). The molecule has 0 bridgehead atoms. The molecule has 2 aromatic heterocycles. The molecule has 0 aliphatic rings. The number of methoxy groups -OCH3 is 1. The third-order valence-electron chi connectivity index (χ3n) is 5.52. The number of nitrogens with one attached hydrogen (secondary N) is 3. The first-order valence-corrected chi connectivity index (χ1v) is 11.3. The van der Waals surface area contributed by atoms with E-state index in [2.05, 4.69) is 20.8 Å². The molecule has 0 radical (unpaired) electrons.